The summed E-state index contributed by atoms with van der Waals surface area (Å²) in [6.07, 6.45) is 4.62. The average Bonchev–Trinajstić information content (AvgIpc) is 2.63. The van der Waals surface area contributed by atoms with E-state index in [2.05, 4.69) is 27.7 Å². The first-order valence-electron chi connectivity index (χ1n) is 10.1. The standard InChI is InChI=1S/C22H36N2O2/c1-7-11-21(25)23(17(5)9-3)19-13-15-20(16-14-19)24(18(6)10-4)22(26)12-8-2/h13-18H,7-12H2,1-6H3/t17-,18-/m0/s1. The van der Waals surface area contributed by atoms with Gasteiger partial charge in [-0.05, 0) is 63.8 Å². The van der Waals surface area contributed by atoms with Crippen molar-refractivity contribution in [3.8, 4) is 0 Å². The molecule has 0 aliphatic rings. The van der Waals surface area contributed by atoms with Gasteiger partial charge in [0.2, 0.25) is 11.8 Å². The number of benzene rings is 1. The van der Waals surface area contributed by atoms with Gasteiger partial charge in [0.25, 0.3) is 0 Å². The molecule has 0 spiro atoms. The van der Waals surface area contributed by atoms with Gasteiger partial charge in [-0.3, -0.25) is 9.59 Å². The summed E-state index contributed by atoms with van der Waals surface area (Å²) in [6.45, 7) is 12.4. The van der Waals surface area contributed by atoms with Gasteiger partial charge in [-0.2, -0.15) is 0 Å². The van der Waals surface area contributed by atoms with Crippen LogP contribution in [0, 0.1) is 0 Å². The largest absolute Gasteiger partial charge is 0.310 e. The zero-order valence-corrected chi connectivity index (χ0v) is 17.4. The molecule has 0 aliphatic carbocycles. The highest BCUT2D eigenvalue weighted by Gasteiger charge is 2.23. The van der Waals surface area contributed by atoms with Crippen LogP contribution in [0.2, 0.25) is 0 Å². The Kier molecular flexibility index (Phi) is 9.39. The quantitative estimate of drug-likeness (QED) is 0.549. The minimum Gasteiger partial charge on any atom is -0.310 e. The van der Waals surface area contributed by atoms with Crippen LogP contribution in [0.5, 0.6) is 0 Å². The van der Waals surface area contributed by atoms with Crippen molar-refractivity contribution < 1.29 is 9.59 Å². The smallest absolute Gasteiger partial charge is 0.227 e. The van der Waals surface area contributed by atoms with E-state index < -0.39 is 0 Å². The minimum absolute atomic E-state index is 0.160. The minimum atomic E-state index is 0.160. The van der Waals surface area contributed by atoms with Crippen LogP contribution in [0.15, 0.2) is 24.3 Å². The fourth-order valence-corrected chi connectivity index (χ4v) is 3.10. The van der Waals surface area contributed by atoms with E-state index in [9.17, 15) is 9.59 Å². The molecule has 146 valence electrons. The molecular weight excluding hydrogens is 324 g/mol. The molecule has 1 aromatic carbocycles. The van der Waals surface area contributed by atoms with Crippen LogP contribution in [-0.4, -0.2) is 23.9 Å². The number of nitrogens with zero attached hydrogens (tertiary/aromatic N) is 2. The van der Waals surface area contributed by atoms with Gasteiger partial charge in [0.1, 0.15) is 0 Å². The molecule has 0 fully saturated rings. The Bertz CT molecular complexity index is 517. The van der Waals surface area contributed by atoms with Gasteiger partial charge in [-0.1, -0.05) is 27.7 Å². The molecule has 0 saturated heterocycles. The highest BCUT2D eigenvalue weighted by molar-refractivity contribution is 5.96. The number of carbonyl (C=O) groups excluding carboxylic acids is 2. The van der Waals surface area contributed by atoms with E-state index in [0.717, 1.165) is 37.1 Å². The molecule has 0 N–H and O–H groups in total. The Hall–Kier alpha value is -1.84. The van der Waals surface area contributed by atoms with Gasteiger partial charge in [0, 0.05) is 36.3 Å². The van der Waals surface area contributed by atoms with Crippen molar-refractivity contribution in [2.24, 2.45) is 0 Å². The third-order valence-corrected chi connectivity index (χ3v) is 4.93. The van der Waals surface area contributed by atoms with E-state index in [0.29, 0.717) is 12.8 Å². The van der Waals surface area contributed by atoms with Crippen molar-refractivity contribution in [1.82, 2.24) is 0 Å². The fourth-order valence-electron chi connectivity index (χ4n) is 3.10. The Morgan fingerprint density at radius 1 is 0.731 bits per heavy atom. The summed E-state index contributed by atoms with van der Waals surface area (Å²) in [4.78, 5) is 28.9. The lowest BCUT2D eigenvalue weighted by Crippen LogP contribution is -2.39. The maximum absolute atomic E-state index is 12.6. The highest BCUT2D eigenvalue weighted by atomic mass is 16.2. The first kappa shape index (κ1) is 22.2. The van der Waals surface area contributed by atoms with E-state index >= 15 is 0 Å². The molecular formula is C22H36N2O2. The Labute approximate surface area is 159 Å². The monoisotopic (exact) mass is 360 g/mol. The first-order chi connectivity index (χ1) is 12.4. The van der Waals surface area contributed by atoms with Crippen LogP contribution in [0.3, 0.4) is 0 Å². The molecule has 2 atom stereocenters. The molecule has 4 nitrogen and oxygen atoms in total. The van der Waals surface area contributed by atoms with Crippen LogP contribution in [0.1, 0.15) is 80.1 Å². The molecule has 0 saturated carbocycles. The molecule has 4 heteroatoms. The third-order valence-electron chi connectivity index (χ3n) is 4.93. The molecule has 0 bridgehead atoms. The maximum atomic E-state index is 12.6. The number of amides is 2. The second-order valence-corrected chi connectivity index (χ2v) is 7.06. The van der Waals surface area contributed by atoms with Crippen molar-refractivity contribution in [2.45, 2.75) is 92.2 Å². The van der Waals surface area contributed by atoms with Crippen molar-refractivity contribution in [3.63, 3.8) is 0 Å². The average molecular weight is 361 g/mol. The summed E-state index contributed by atoms with van der Waals surface area (Å²) in [7, 11) is 0. The van der Waals surface area contributed by atoms with Gasteiger partial charge in [0.15, 0.2) is 0 Å². The summed E-state index contributed by atoms with van der Waals surface area (Å²) in [5, 5.41) is 0. The zero-order chi connectivity index (χ0) is 19.7. The summed E-state index contributed by atoms with van der Waals surface area (Å²) in [5.41, 5.74) is 1.82. The number of carbonyl (C=O) groups is 2. The van der Waals surface area contributed by atoms with Crippen LogP contribution in [-0.2, 0) is 9.59 Å². The van der Waals surface area contributed by atoms with E-state index in [1.807, 2.05) is 47.9 Å². The summed E-state index contributed by atoms with van der Waals surface area (Å²) in [6, 6.07) is 8.22. The van der Waals surface area contributed by atoms with E-state index in [4.69, 9.17) is 0 Å². The lowest BCUT2D eigenvalue weighted by molar-refractivity contribution is -0.119. The summed E-state index contributed by atoms with van der Waals surface area (Å²) in [5.74, 6) is 0.325. The molecule has 0 unspecified atom stereocenters. The van der Waals surface area contributed by atoms with Crippen LogP contribution < -0.4 is 9.80 Å². The lowest BCUT2D eigenvalue weighted by Gasteiger charge is -2.31. The van der Waals surface area contributed by atoms with Gasteiger partial charge in [-0.25, -0.2) is 0 Å². The number of hydrogen-bond donors (Lipinski definition) is 0. The van der Waals surface area contributed by atoms with E-state index in [-0.39, 0.29) is 23.9 Å². The number of hydrogen-bond acceptors (Lipinski definition) is 2. The fraction of sp³-hybridized carbons (Fsp3) is 0.636. The van der Waals surface area contributed by atoms with E-state index in [1.54, 1.807) is 0 Å². The van der Waals surface area contributed by atoms with Crippen LogP contribution >= 0.6 is 0 Å². The van der Waals surface area contributed by atoms with Crippen LogP contribution in [0.4, 0.5) is 11.4 Å². The Morgan fingerprint density at radius 2 is 1.04 bits per heavy atom. The van der Waals surface area contributed by atoms with Crippen LogP contribution in [0.25, 0.3) is 0 Å². The second-order valence-electron chi connectivity index (χ2n) is 7.06. The topological polar surface area (TPSA) is 40.6 Å². The predicted octanol–water partition coefficient (Wildman–Crippen LogP) is 5.55. The maximum Gasteiger partial charge on any atom is 0.227 e. The van der Waals surface area contributed by atoms with Crippen molar-refractivity contribution in [1.29, 1.82) is 0 Å². The summed E-state index contributed by atoms with van der Waals surface area (Å²) >= 11 is 0. The molecule has 0 heterocycles. The van der Waals surface area contributed by atoms with Gasteiger partial charge < -0.3 is 9.80 Å². The highest BCUT2D eigenvalue weighted by Crippen LogP contribution is 2.26. The molecule has 0 aromatic heterocycles. The molecule has 1 rings (SSSR count). The second kappa shape index (κ2) is 11.0. The van der Waals surface area contributed by atoms with Gasteiger partial charge in [0.05, 0.1) is 0 Å². The SMILES string of the molecule is CCCC(=O)N(c1ccc(N(C(=O)CCC)[C@@H](C)CC)cc1)[C@@H](C)CC. The molecule has 1 aromatic rings. The Morgan fingerprint density at radius 3 is 1.27 bits per heavy atom. The first-order valence-corrected chi connectivity index (χ1v) is 10.1. The molecule has 26 heavy (non-hydrogen) atoms. The molecule has 0 radical (unpaired) electrons. The lowest BCUT2D eigenvalue weighted by atomic mass is 10.1. The summed E-state index contributed by atoms with van der Waals surface area (Å²) < 4.78 is 0. The zero-order valence-electron chi connectivity index (χ0n) is 17.4. The van der Waals surface area contributed by atoms with Crippen molar-refractivity contribution >= 4 is 23.2 Å². The van der Waals surface area contributed by atoms with Crippen molar-refractivity contribution in [2.75, 3.05) is 9.80 Å². The van der Waals surface area contributed by atoms with Crippen molar-refractivity contribution in [3.05, 3.63) is 24.3 Å². The van der Waals surface area contributed by atoms with Gasteiger partial charge in [-0.15, -0.1) is 0 Å². The molecule has 0 aliphatic heterocycles. The Balaban J connectivity index is 3.16. The number of rotatable bonds is 10. The third kappa shape index (κ3) is 5.58. The predicted molar refractivity (Wildman–Crippen MR) is 111 cm³/mol. The molecule has 2 amide bonds. The van der Waals surface area contributed by atoms with E-state index in [1.165, 1.54) is 0 Å². The van der Waals surface area contributed by atoms with Gasteiger partial charge >= 0.3 is 0 Å². The number of anilines is 2. The normalized spacial score (nSPS) is 13.2.